The molecule has 0 saturated carbocycles. The lowest BCUT2D eigenvalue weighted by molar-refractivity contribution is -0.0259. The third-order valence-electron chi connectivity index (χ3n) is 7.11. The second-order valence-corrected chi connectivity index (χ2v) is 9.73. The van der Waals surface area contributed by atoms with Gasteiger partial charge in [-0.05, 0) is 79.8 Å². The van der Waals surface area contributed by atoms with E-state index in [4.69, 9.17) is 21.1 Å². The van der Waals surface area contributed by atoms with E-state index < -0.39 is 5.60 Å². The van der Waals surface area contributed by atoms with E-state index in [0.29, 0.717) is 11.6 Å². The zero-order valence-electron chi connectivity index (χ0n) is 20.0. The zero-order valence-corrected chi connectivity index (χ0v) is 20.8. The van der Waals surface area contributed by atoms with Crippen LogP contribution in [-0.2, 0) is 12.2 Å². The van der Waals surface area contributed by atoms with E-state index in [9.17, 15) is 5.11 Å². The Bertz CT molecular complexity index is 1200. The Balaban J connectivity index is 1.25. The molecular weight excluding hydrogens is 460 g/mol. The largest absolute Gasteiger partial charge is 0.497 e. The molecule has 35 heavy (non-hydrogen) atoms. The lowest BCUT2D eigenvalue weighted by Gasteiger charge is -2.38. The average Bonchev–Trinajstić information content (AvgIpc) is 3.04. The molecule has 0 spiro atoms. The highest BCUT2D eigenvalue weighted by Crippen LogP contribution is 2.38. The number of rotatable bonds is 6. The molecule has 0 unspecified atom stereocenters. The minimum atomic E-state index is -0.761. The number of halogens is 1. The predicted molar refractivity (Wildman–Crippen MR) is 139 cm³/mol. The maximum absolute atomic E-state index is 11.1. The molecule has 2 aliphatic rings. The van der Waals surface area contributed by atoms with Gasteiger partial charge in [0.1, 0.15) is 18.1 Å². The van der Waals surface area contributed by atoms with Crippen molar-refractivity contribution in [2.24, 2.45) is 0 Å². The van der Waals surface area contributed by atoms with Crippen LogP contribution in [0.4, 0.5) is 0 Å². The molecule has 0 bridgehead atoms. The Kier molecular flexibility index (Phi) is 7.09. The minimum Gasteiger partial charge on any atom is -0.497 e. The van der Waals surface area contributed by atoms with E-state index in [2.05, 4.69) is 22.0 Å². The van der Waals surface area contributed by atoms with Crippen molar-refractivity contribution in [2.75, 3.05) is 26.7 Å². The first-order chi connectivity index (χ1) is 17.1. The van der Waals surface area contributed by atoms with Crippen LogP contribution in [0.15, 0.2) is 66.9 Å². The van der Waals surface area contributed by atoms with Crippen molar-refractivity contribution in [3.05, 3.63) is 94.3 Å². The summed E-state index contributed by atoms with van der Waals surface area (Å²) < 4.78 is 11.6. The number of aliphatic hydroxyl groups is 1. The average molecular weight is 491 g/mol. The van der Waals surface area contributed by atoms with Crippen molar-refractivity contribution in [3.63, 3.8) is 0 Å². The summed E-state index contributed by atoms with van der Waals surface area (Å²) in [5.41, 5.74) is 4.46. The van der Waals surface area contributed by atoms with Gasteiger partial charge in [-0.1, -0.05) is 35.9 Å². The molecule has 3 aromatic rings. The zero-order chi connectivity index (χ0) is 24.3. The number of unbranched alkanes of at least 4 members (excludes halogenated alkanes) is 1. The highest BCUT2D eigenvalue weighted by molar-refractivity contribution is 6.30. The van der Waals surface area contributed by atoms with E-state index in [1.807, 2.05) is 54.7 Å². The summed E-state index contributed by atoms with van der Waals surface area (Å²) in [5.74, 6) is 1.67. The number of allylic oxidation sites excluding steroid dienone is 1. The first kappa shape index (κ1) is 23.9. The summed E-state index contributed by atoms with van der Waals surface area (Å²) in [5, 5.41) is 11.8. The third kappa shape index (κ3) is 5.22. The minimum absolute atomic E-state index is 0.456. The van der Waals surface area contributed by atoms with Crippen molar-refractivity contribution >= 4 is 17.2 Å². The second kappa shape index (κ2) is 10.4. The predicted octanol–water partition coefficient (Wildman–Crippen LogP) is 5.83. The molecular formula is C29H31ClN2O3. The van der Waals surface area contributed by atoms with Crippen LogP contribution in [0.1, 0.15) is 48.1 Å². The quantitative estimate of drug-likeness (QED) is 0.440. The maximum atomic E-state index is 11.1. The van der Waals surface area contributed by atoms with Crippen LogP contribution < -0.4 is 9.47 Å². The van der Waals surface area contributed by atoms with Gasteiger partial charge in [-0.2, -0.15) is 0 Å². The van der Waals surface area contributed by atoms with Gasteiger partial charge < -0.3 is 19.5 Å². The fourth-order valence-electron chi connectivity index (χ4n) is 5.04. The Labute approximate surface area is 212 Å². The summed E-state index contributed by atoms with van der Waals surface area (Å²) in [6, 6.07) is 17.7. The molecule has 2 aliphatic heterocycles. The van der Waals surface area contributed by atoms with Crippen molar-refractivity contribution < 1.29 is 14.6 Å². The third-order valence-corrected chi connectivity index (χ3v) is 7.37. The summed E-state index contributed by atoms with van der Waals surface area (Å²) in [6.07, 6.45) is 7.58. The maximum Gasteiger partial charge on any atom is 0.131 e. The van der Waals surface area contributed by atoms with Gasteiger partial charge in [0.25, 0.3) is 0 Å². The van der Waals surface area contributed by atoms with Gasteiger partial charge in [0.15, 0.2) is 0 Å². The SMILES string of the molecule is COc1ccc2c(c1)C(=CCCCN1CCC(O)(c3ccc(Cl)cc3)CC1)c1cccnc1CO2. The Hall–Kier alpha value is -2.86. The molecule has 3 heterocycles. The molecule has 0 aliphatic carbocycles. The Morgan fingerprint density at radius 3 is 2.69 bits per heavy atom. The number of hydrogen-bond acceptors (Lipinski definition) is 5. The summed E-state index contributed by atoms with van der Waals surface area (Å²) in [7, 11) is 1.69. The van der Waals surface area contributed by atoms with Crippen molar-refractivity contribution in [1.29, 1.82) is 0 Å². The second-order valence-electron chi connectivity index (χ2n) is 9.29. The smallest absolute Gasteiger partial charge is 0.131 e. The van der Waals surface area contributed by atoms with E-state index in [0.717, 1.165) is 84.8 Å². The van der Waals surface area contributed by atoms with Crippen molar-refractivity contribution in [3.8, 4) is 11.5 Å². The molecule has 5 rings (SSSR count). The van der Waals surface area contributed by atoms with Crippen molar-refractivity contribution in [2.45, 2.75) is 37.9 Å². The molecule has 2 aromatic carbocycles. The van der Waals surface area contributed by atoms with Gasteiger partial charge in [-0.25, -0.2) is 0 Å². The van der Waals surface area contributed by atoms with Crippen LogP contribution in [-0.4, -0.2) is 41.7 Å². The van der Waals surface area contributed by atoms with E-state index in [1.165, 1.54) is 0 Å². The topological polar surface area (TPSA) is 54.8 Å². The number of fused-ring (bicyclic) bond motifs is 2. The number of hydrogen-bond donors (Lipinski definition) is 1. The summed E-state index contributed by atoms with van der Waals surface area (Å²) in [6.45, 7) is 3.23. The normalized spacial score (nSPS) is 18.3. The number of aromatic nitrogens is 1. The van der Waals surface area contributed by atoms with Crippen LogP contribution in [0.2, 0.25) is 5.02 Å². The first-order valence-corrected chi connectivity index (χ1v) is 12.6. The molecule has 182 valence electrons. The molecule has 1 aromatic heterocycles. The molecule has 0 amide bonds. The first-order valence-electron chi connectivity index (χ1n) is 12.2. The molecule has 6 heteroatoms. The summed E-state index contributed by atoms with van der Waals surface area (Å²) >= 11 is 6.02. The Morgan fingerprint density at radius 2 is 1.91 bits per heavy atom. The highest BCUT2D eigenvalue weighted by Gasteiger charge is 2.33. The fourth-order valence-corrected chi connectivity index (χ4v) is 5.16. The van der Waals surface area contributed by atoms with Crippen LogP contribution in [0.3, 0.4) is 0 Å². The monoisotopic (exact) mass is 490 g/mol. The van der Waals surface area contributed by atoms with Crippen LogP contribution in [0.25, 0.3) is 5.57 Å². The number of benzene rings is 2. The fraction of sp³-hybridized carbons (Fsp3) is 0.345. The van der Waals surface area contributed by atoms with Crippen LogP contribution >= 0.6 is 11.6 Å². The lowest BCUT2D eigenvalue weighted by atomic mass is 9.84. The van der Waals surface area contributed by atoms with Gasteiger partial charge >= 0.3 is 0 Å². The molecule has 1 N–H and O–H groups in total. The van der Waals surface area contributed by atoms with E-state index >= 15 is 0 Å². The van der Waals surface area contributed by atoms with Gasteiger partial charge in [-0.3, -0.25) is 4.98 Å². The standard InChI is InChI=1S/C29H31ClN2O3/c1-34-23-11-12-28-26(19-23)24(25-6-4-15-31-27(25)20-35-28)5-2-3-16-32-17-13-29(33,14-18-32)21-7-9-22(30)10-8-21/h4-12,15,19,33H,2-3,13-14,16-18,20H2,1H3. The molecule has 1 saturated heterocycles. The number of nitrogens with zero attached hydrogens (tertiary/aromatic N) is 2. The molecule has 0 radical (unpaired) electrons. The summed E-state index contributed by atoms with van der Waals surface area (Å²) in [4.78, 5) is 7.01. The number of piperidine rings is 1. The number of pyridine rings is 1. The molecule has 0 atom stereocenters. The van der Waals surface area contributed by atoms with Gasteiger partial charge in [0, 0.05) is 35.4 Å². The van der Waals surface area contributed by atoms with Gasteiger partial charge in [0.2, 0.25) is 0 Å². The van der Waals surface area contributed by atoms with Crippen LogP contribution in [0, 0.1) is 0 Å². The Morgan fingerprint density at radius 1 is 1.11 bits per heavy atom. The lowest BCUT2D eigenvalue weighted by Crippen LogP contribution is -2.42. The van der Waals surface area contributed by atoms with E-state index in [-0.39, 0.29) is 0 Å². The highest BCUT2D eigenvalue weighted by atomic mass is 35.5. The number of likely N-dealkylation sites (tertiary alicyclic amines) is 1. The van der Waals surface area contributed by atoms with Crippen LogP contribution in [0.5, 0.6) is 11.5 Å². The van der Waals surface area contributed by atoms with E-state index in [1.54, 1.807) is 7.11 Å². The number of ether oxygens (including phenoxy) is 2. The van der Waals surface area contributed by atoms with Gasteiger partial charge in [0.05, 0.1) is 18.4 Å². The van der Waals surface area contributed by atoms with Crippen molar-refractivity contribution in [1.82, 2.24) is 9.88 Å². The van der Waals surface area contributed by atoms with Gasteiger partial charge in [-0.15, -0.1) is 0 Å². The molecule has 1 fully saturated rings. The molecule has 5 nitrogen and oxygen atoms in total. The number of methoxy groups -OCH3 is 1.